The lowest BCUT2D eigenvalue weighted by Crippen LogP contribution is -2.52. The maximum atomic E-state index is 13.4. The predicted octanol–water partition coefficient (Wildman–Crippen LogP) is 3.13. The van der Waals surface area contributed by atoms with Crippen molar-refractivity contribution in [3.05, 3.63) is 65.2 Å². The molecule has 1 aliphatic heterocycles. The molecule has 1 fully saturated rings. The van der Waals surface area contributed by atoms with Gasteiger partial charge in [0.25, 0.3) is 0 Å². The van der Waals surface area contributed by atoms with E-state index in [4.69, 9.17) is 0 Å². The van der Waals surface area contributed by atoms with Crippen molar-refractivity contribution in [3.63, 3.8) is 0 Å². The highest BCUT2D eigenvalue weighted by Crippen LogP contribution is 2.25. The van der Waals surface area contributed by atoms with Crippen molar-refractivity contribution in [2.45, 2.75) is 33.2 Å². The van der Waals surface area contributed by atoms with E-state index >= 15 is 0 Å². The van der Waals surface area contributed by atoms with Crippen molar-refractivity contribution in [3.8, 4) is 0 Å². The monoisotopic (exact) mass is 422 g/mol. The molecule has 0 bridgehead atoms. The number of benzene rings is 2. The van der Waals surface area contributed by atoms with Crippen molar-refractivity contribution in [2.24, 2.45) is 0 Å². The first-order chi connectivity index (χ1) is 15.0. The third-order valence-electron chi connectivity index (χ3n) is 5.73. The van der Waals surface area contributed by atoms with Gasteiger partial charge in [0.15, 0.2) is 0 Å². The van der Waals surface area contributed by atoms with Gasteiger partial charge < -0.3 is 10.6 Å². The van der Waals surface area contributed by atoms with E-state index < -0.39 is 0 Å². The maximum absolute atomic E-state index is 13.4. The Kier molecular flexibility index (Phi) is 8.20. The Labute approximate surface area is 185 Å². The summed E-state index contributed by atoms with van der Waals surface area (Å²) in [5, 5.41) is 6.09. The van der Waals surface area contributed by atoms with Gasteiger partial charge in [-0.15, -0.1) is 0 Å². The molecule has 31 heavy (non-hydrogen) atoms. The third kappa shape index (κ3) is 6.39. The Bertz CT molecular complexity index is 876. The molecule has 0 radical (unpaired) electrons. The van der Waals surface area contributed by atoms with Crippen LogP contribution in [0.25, 0.3) is 0 Å². The van der Waals surface area contributed by atoms with E-state index in [2.05, 4.69) is 26.5 Å². The molecule has 0 saturated carbocycles. The van der Waals surface area contributed by atoms with Crippen molar-refractivity contribution in [2.75, 3.05) is 44.6 Å². The van der Waals surface area contributed by atoms with Crippen molar-refractivity contribution >= 4 is 17.5 Å². The van der Waals surface area contributed by atoms with E-state index in [1.165, 1.54) is 0 Å². The van der Waals surface area contributed by atoms with E-state index in [1.807, 2.05) is 63.2 Å². The normalized spacial score (nSPS) is 16.0. The van der Waals surface area contributed by atoms with Crippen LogP contribution in [-0.4, -0.2) is 60.9 Å². The molecule has 2 aromatic carbocycles. The van der Waals surface area contributed by atoms with Gasteiger partial charge in [-0.2, -0.15) is 0 Å². The van der Waals surface area contributed by atoms with Crippen LogP contribution in [0.5, 0.6) is 0 Å². The first-order valence-corrected chi connectivity index (χ1v) is 11.1. The zero-order chi connectivity index (χ0) is 22.2. The lowest BCUT2D eigenvalue weighted by molar-refractivity contribution is -0.125. The fourth-order valence-corrected chi connectivity index (χ4v) is 3.94. The van der Waals surface area contributed by atoms with Gasteiger partial charge in [-0.05, 0) is 43.0 Å². The lowest BCUT2D eigenvalue weighted by Gasteiger charge is -2.38. The number of piperazine rings is 1. The molecular formula is C25H34N4O2. The molecular weight excluding hydrogens is 388 g/mol. The zero-order valence-corrected chi connectivity index (χ0v) is 18.9. The molecule has 2 amide bonds. The third-order valence-corrected chi connectivity index (χ3v) is 5.73. The van der Waals surface area contributed by atoms with Crippen LogP contribution in [0.1, 0.15) is 36.1 Å². The Morgan fingerprint density at radius 1 is 1.00 bits per heavy atom. The molecule has 166 valence electrons. The number of rotatable bonds is 8. The molecule has 0 aromatic heterocycles. The molecule has 2 N–H and O–H groups in total. The van der Waals surface area contributed by atoms with Crippen molar-refractivity contribution in [1.82, 2.24) is 15.1 Å². The quantitative estimate of drug-likeness (QED) is 0.686. The highest BCUT2D eigenvalue weighted by molar-refractivity contribution is 5.96. The summed E-state index contributed by atoms with van der Waals surface area (Å²) in [7, 11) is 0. The summed E-state index contributed by atoms with van der Waals surface area (Å²) >= 11 is 0. The maximum Gasteiger partial charge on any atom is 0.246 e. The van der Waals surface area contributed by atoms with E-state index in [1.54, 1.807) is 0 Å². The van der Waals surface area contributed by atoms with Gasteiger partial charge in [-0.1, -0.05) is 49.4 Å². The Morgan fingerprint density at radius 2 is 1.71 bits per heavy atom. The molecule has 3 rings (SSSR count). The summed E-state index contributed by atoms with van der Waals surface area (Å²) < 4.78 is 0. The molecule has 2 aromatic rings. The van der Waals surface area contributed by atoms with Crippen LogP contribution in [0.3, 0.4) is 0 Å². The minimum Gasteiger partial charge on any atom is -0.355 e. The molecule has 1 aliphatic rings. The minimum absolute atomic E-state index is 0.0194. The highest BCUT2D eigenvalue weighted by atomic mass is 16.2. The number of carbonyl (C=O) groups excluding carboxylic acids is 2. The number of aryl methyl sites for hydroxylation is 2. The molecule has 6 heteroatoms. The summed E-state index contributed by atoms with van der Waals surface area (Å²) in [6.45, 7) is 10.2. The van der Waals surface area contributed by atoms with Gasteiger partial charge >= 0.3 is 0 Å². The summed E-state index contributed by atoms with van der Waals surface area (Å²) in [5.74, 6) is 0.0524. The second kappa shape index (κ2) is 11.1. The molecule has 1 unspecified atom stereocenters. The average Bonchev–Trinajstić information content (AvgIpc) is 2.77. The van der Waals surface area contributed by atoms with Crippen LogP contribution in [0.15, 0.2) is 48.5 Å². The number of hydrogen-bond donors (Lipinski definition) is 2. The van der Waals surface area contributed by atoms with Crippen molar-refractivity contribution in [1.29, 1.82) is 0 Å². The first kappa shape index (κ1) is 23.0. The lowest BCUT2D eigenvalue weighted by atomic mass is 10.0. The van der Waals surface area contributed by atoms with E-state index in [9.17, 15) is 9.59 Å². The Morgan fingerprint density at radius 3 is 2.39 bits per heavy atom. The fourth-order valence-electron chi connectivity index (χ4n) is 3.94. The summed E-state index contributed by atoms with van der Waals surface area (Å²) in [6, 6.07) is 15.7. The van der Waals surface area contributed by atoms with Gasteiger partial charge in [-0.25, -0.2) is 0 Å². The zero-order valence-electron chi connectivity index (χ0n) is 18.9. The van der Waals surface area contributed by atoms with Gasteiger partial charge in [0.1, 0.15) is 6.04 Å². The molecule has 1 heterocycles. The number of hydrogen-bond acceptors (Lipinski definition) is 4. The SMILES string of the molecule is CCCNC(=O)CN1CCN(C(C(=O)Nc2cc(C)ccc2C)c2ccccc2)CC1. The molecule has 6 nitrogen and oxygen atoms in total. The number of nitrogens with zero attached hydrogens (tertiary/aromatic N) is 2. The van der Waals surface area contributed by atoms with Crippen LogP contribution in [-0.2, 0) is 9.59 Å². The minimum atomic E-state index is -0.364. The fraction of sp³-hybridized carbons (Fsp3) is 0.440. The summed E-state index contributed by atoms with van der Waals surface area (Å²) in [6.07, 6.45) is 0.938. The van der Waals surface area contributed by atoms with Gasteiger partial charge in [0, 0.05) is 38.4 Å². The number of amides is 2. The van der Waals surface area contributed by atoms with Crippen molar-refractivity contribution < 1.29 is 9.59 Å². The number of carbonyl (C=O) groups is 2. The van der Waals surface area contributed by atoms with E-state index in [-0.39, 0.29) is 17.9 Å². The average molecular weight is 423 g/mol. The van der Waals surface area contributed by atoms with Crippen LogP contribution < -0.4 is 10.6 Å². The summed E-state index contributed by atoms with van der Waals surface area (Å²) in [5.41, 5.74) is 4.01. The van der Waals surface area contributed by atoms with Gasteiger partial charge in [0.2, 0.25) is 11.8 Å². The van der Waals surface area contributed by atoms with E-state index in [0.717, 1.165) is 55.0 Å². The van der Waals surface area contributed by atoms with Crippen LogP contribution in [0.2, 0.25) is 0 Å². The topological polar surface area (TPSA) is 64.7 Å². The largest absolute Gasteiger partial charge is 0.355 e. The number of anilines is 1. The van der Waals surface area contributed by atoms with Gasteiger partial charge in [-0.3, -0.25) is 19.4 Å². The second-order valence-corrected chi connectivity index (χ2v) is 8.28. The van der Waals surface area contributed by atoms with Crippen LogP contribution in [0.4, 0.5) is 5.69 Å². The smallest absolute Gasteiger partial charge is 0.246 e. The molecule has 0 aliphatic carbocycles. The molecule has 1 saturated heterocycles. The number of nitrogens with one attached hydrogen (secondary N) is 2. The summed E-state index contributed by atoms with van der Waals surface area (Å²) in [4.78, 5) is 29.8. The highest BCUT2D eigenvalue weighted by Gasteiger charge is 2.31. The van der Waals surface area contributed by atoms with Crippen LogP contribution >= 0.6 is 0 Å². The molecule has 1 atom stereocenters. The Balaban J connectivity index is 1.70. The van der Waals surface area contributed by atoms with Crippen LogP contribution in [0, 0.1) is 13.8 Å². The molecule has 0 spiro atoms. The Hall–Kier alpha value is -2.70. The first-order valence-electron chi connectivity index (χ1n) is 11.1. The standard InChI is InChI=1S/C25H34N4O2/c1-4-12-26-23(30)18-28-13-15-29(16-14-28)24(21-8-6-5-7-9-21)25(31)27-22-17-19(2)10-11-20(22)3/h5-11,17,24H,4,12-16,18H2,1-3H3,(H,26,30)(H,27,31). The van der Waals surface area contributed by atoms with E-state index in [0.29, 0.717) is 13.1 Å². The predicted molar refractivity (Wildman–Crippen MR) is 125 cm³/mol. The second-order valence-electron chi connectivity index (χ2n) is 8.28. The van der Waals surface area contributed by atoms with Gasteiger partial charge in [0.05, 0.1) is 6.54 Å².